The lowest BCUT2D eigenvalue weighted by atomic mass is 10.2. The molecule has 186 valence electrons. The van der Waals surface area contributed by atoms with E-state index in [2.05, 4.69) is 20.6 Å². The third-order valence-corrected chi connectivity index (χ3v) is 4.92. The van der Waals surface area contributed by atoms with Crippen LogP contribution in [0.15, 0.2) is 72.8 Å². The first-order chi connectivity index (χ1) is 17.8. The van der Waals surface area contributed by atoms with E-state index >= 15 is 0 Å². The highest BCUT2D eigenvalue weighted by Gasteiger charge is 2.15. The predicted octanol–water partition coefficient (Wildman–Crippen LogP) is 3.15. The van der Waals surface area contributed by atoms with E-state index in [0.717, 1.165) is 0 Å². The first kappa shape index (κ1) is 24.9. The van der Waals surface area contributed by atoms with Gasteiger partial charge in [-0.1, -0.05) is 24.3 Å². The quantitative estimate of drug-likeness (QED) is 0.267. The molecule has 0 aliphatic heterocycles. The Kier molecular flexibility index (Phi) is 7.43. The number of benzene rings is 2. The second-order valence-electron chi connectivity index (χ2n) is 7.43. The van der Waals surface area contributed by atoms with Crippen molar-refractivity contribution in [1.82, 2.24) is 9.97 Å². The molecule has 2 heterocycles. The molecule has 4 aromatic rings. The molecule has 0 saturated heterocycles. The average Bonchev–Trinajstić information content (AvgIpc) is 2.87. The summed E-state index contributed by atoms with van der Waals surface area (Å²) in [5, 5.41) is 4.91. The smallest absolute Gasteiger partial charge is 0.526 e. The summed E-state index contributed by atoms with van der Waals surface area (Å²) in [4.78, 5) is 32.5. The molecule has 37 heavy (non-hydrogen) atoms. The minimum atomic E-state index is -0.682. The molecule has 2 aromatic carbocycles. The number of aromatic nitrogens is 2. The van der Waals surface area contributed by atoms with Gasteiger partial charge < -0.3 is 31.4 Å². The maximum atomic E-state index is 13.8. The van der Waals surface area contributed by atoms with Crippen LogP contribution in [0.1, 0.15) is 20.7 Å². The van der Waals surface area contributed by atoms with E-state index in [-0.39, 0.29) is 53.6 Å². The fourth-order valence-corrected chi connectivity index (χ4v) is 3.12. The van der Waals surface area contributed by atoms with Gasteiger partial charge in [0.1, 0.15) is 34.8 Å². The molecule has 0 spiro atoms. The number of halogens is 2. The van der Waals surface area contributed by atoms with Crippen LogP contribution in [-0.4, -0.2) is 29.5 Å². The van der Waals surface area contributed by atoms with Gasteiger partial charge in [0.05, 0.1) is 11.1 Å². The summed E-state index contributed by atoms with van der Waals surface area (Å²) >= 11 is 0. The Morgan fingerprint density at radius 3 is 1.46 bits per heavy atom. The topological polar surface area (TPSA) is 154 Å². The van der Waals surface area contributed by atoms with Crippen molar-refractivity contribution in [1.29, 1.82) is 0 Å². The standard InChI is InChI=1S/C24H19BF2N6O4/c26-15-7-3-1-5-13(15)23(34)32-19-11-9-17(21(28)30-19)36-25-37-18-10-12-20(31-22(18)29)33-24(35)14-6-2-4-8-16(14)27/h1-12,25H,(H3,28,30,32,34)(H3,29,31,33,35). The first-order valence-electron chi connectivity index (χ1n) is 10.7. The molecular formula is C24H19BF2N6O4. The number of carbonyl (C=O) groups excluding carboxylic acids is 2. The maximum Gasteiger partial charge on any atom is 0.576 e. The van der Waals surface area contributed by atoms with Crippen molar-refractivity contribution in [2.45, 2.75) is 0 Å². The molecule has 10 nitrogen and oxygen atoms in total. The van der Waals surface area contributed by atoms with Gasteiger partial charge in [-0.15, -0.1) is 0 Å². The van der Waals surface area contributed by atoms with E-state index in [1.165, 1.54) is 72.8 Å². The molecule has 0 aliphatic carbocycles. The number of amides is 2. The van der Waals surface area contributed by atoms with Gasteiger partial charge in [0.25, 0.3) is 11.8 Å². The van der Waals surface area contributed by atoms with E-state index in [1.807, 2.05) is 0 Å². The van der Waals surface area contributed by atoms with Gasteiger partial charge >= 0.3 is 7.69 Å². The minimum absolute atomic E-state index is 0.0489. The summed E-state index contributed by atoms with van der Waals surface area (Å²) in [7, 11) is -0.320. The van der Waals surface area contributed by atoms with Gasteiger partial charge in [-0.25, -0.2) is 18.7 Å². The molecule has 0 bridgehead atoms. The van der Waals surface area contributed by atoms with E-state index in [1.54, 1.807) is 0 Å². The Balaban J connectivity index is 1.32. The number of nitrogens with two attached hydrogens (primary N) is 2. The van der Waals surface area contributed by atoms with Gasteiger partial charge in [0.15, 0.2) is 11.6 Å². The molecule has 0 unspecified atom stereocenters. The SMILES string of the molecule is Nc1nc(NC(=O)c2ccccc2F)ccc1OBOc1ccc(NC(=O)c2ccccc2F)nc1N. The molecule has 4 rings (SSSR count). The van der Waals surface area contributed by atoms with Crippen LogP contribution in [0.4, 0.5) is 32.1 Å². The fourth-order valence-electron chi connectivity index (χ4n) is 3.12. The average molecular weight is 504 g/mol. The second-order valence-corrected chi connectivity index (χ2v) is 7.43. The summed E-state index contributed by atoms with van der Waals surface area (Å²) in [5.74, 6) is -2.29. The molecule has 2 amide bonds. The summed E-state index contributed by atoms with van der Waals surface area (Å²) in [6.07, 6.45) is 0. The van der Waals surface area contributed by atoms with E-state index in [4.69, 9.17) is 20.8 Å². The predicted molar refractivity (Wildman–Crippen MR) is 134 cm³/mol. The van der Waals surface area contributed by atoms with Crippen molar-refractivity contribution < 1.29 is 27.7 Å². The highest BCUT2D eigenvalue weighted by molar-refractivity contribution is 6.21. The Morgan fingerprint density at radius 1 is 0.676 bits per heavy atom. The van der Waals surface area contributed by atoms with Gasteiger partial charge in [-0.3, -0.25) is 9.59 Å². The number of carbonyl (C=O) groups is 2. The van der Waals surface area contributed by atoms with Crippen molar-refractivity contribution in [3.63, 3.8) is 0 Å². The lowest BCUT2D eigenvalue weighted by molar-refractivity contribution is 0.101. The Hall–Kier alpha value is -5.20. The zero-order valence-electron chi connectivity index (χ0n) is 19.1. The number of hydrogen-bond acceptors (Lipinski definition) is 8. The Morgan fingerprint density at radius 2 is 1.08 bits per heavy atom. The summed E-state index contributed by atoms with van der Waals surface area (Å²) in [6.45, 7) is 0. The van der Waals surface area contributed by atoms with E-state index in [0.29, 0.717) is 0 Å². The summed E-state index contributed by atoms with van der Waals surface area (Å²) in [6, 6.07) is 16.8. The fraction of sp³-hybridized carbons (Fsp3) is 0. The lowest BCUT2D eigenvalue weighted by Crippen LogP contribution is -2.17. The molecule has 0 fully saturated rings. The van der Waals surface area contributed by atoms with Crippen LogP contribution in [0.5, 0.6) is 11.5 Å². The van der Waals surface area contributed by atoms with Crippen molar-refractivity contribution >= 4 is 42.8 Å². The number of anilines is 4. The van der Waals surface area contributed by atoms with Gasteiger partial charge in [0, 0.05) is 0 Å². The van der Waals surface area contributed by atoms with Crippen LogP contribution in [0.25, 0.3) is 0 Å². The van der Waals surface area contributed by atoms with Gasteiger partial charge in [-0.05, 0) is 48.5 Å². The number of hydrogen-bond donors (Lipinski definition) is 4. The minimum Gasteiger partial charge on any atom is -0.526 e. The number of nitrogen functional groups attached to an aromatic ring is 2. The highest BCUT2D eigenvalue weighted by atomic mass is 19.1. The number of nitrogens with zero attached hydrogens (tertiary/aromatic N) is 2. The van der Waals surface area contributed by atoms with Crippen molar-refractivity contribution in [2.75, 3.05) is 22.1 Å². The molecular weight excluding hydrogens is 485 g/mol. The maximum absolute atomic E-state index is 13.8. The van der Waals surface area contributed by atoms with Crippen molar-refractivity contribution in [3.05, 3.63) is 95.6 Å². The first-order valence-corrected chi connectivity index (χ1v) is 10.7. The number of rotatable bonds is 8. The summed E-state index contributed by atoms with van der Waals surface area (Å²) < 4.78 is 38.4. The summed E-state index contributed by atoms with van der Waals surface area (Å²) in [5.41, 5.74) is 11.5. The molecule has 13 heteroatoms. The van der Waals surface area contributed by atoms with Gasteiger partial charge in [0.2, 0.25) is 0 Å². The molecule has 0 saturated carbocycles. The molecule has 2 aromatic heterocycles. The zero-order valence-corrected chi connectivity index (χ0v) is 19.1. The van der Waals surface area contributed by atoms with Crippen molar-refractivity contribution in [2.24, 2.45) is 0 Å². The van der Waals surface area contributed by atoms with E-state index in [9.17, 15) is 18.4 Å². The number of nitrogens with one attached hydrogen (secondary N) is 2. The molecule has 0 aliphatic rings. The largest absolute Gasteiger partial charge is 0.576 e. The third kappa shape index (κ3) is 6.09. The zero-order chi connectivity index (χ0) is 26.4. The van der Waals surface area contributed by atoms with Crippen LogP contribution in [0.3, 0.4) is 0 Å². The molecule has 0 atom stereocenters. The third-order valence-electron chi connectivity index (χ3n) is 4.92. The van der Waals surface area contributed by atoms with Crippen molar-refractivity contribution in [3.8, 4) is 11.5 Å². The second kappa shape index (κ2) is 11.0. The monoisotopic (exact) mass is 504 g/mol. The molecule has 0 radical (unpaired) electrons. The van der Waals surface area contributed by atoms with Crippen LogP contribution in [0.2, 0.25) is 0 Å². The highest BCUT2D eigenvalue weighted by Crippen LogP contribution is 2.24. The normalized spacial score (nSPS) is 10.3. The van der Waals surface area contributed by atoms with Crippen LogP contribution in [0, 0.1) is 11.6 Å². The van der Waals surface area contributed by atoms with Crippen LogP contribution in [-0.2, 0) is 0 Å². The van der Waals surface area contributed by atoms with Crippen LogP contribution >= 0.6 is 0 Å². The van der Waals surface area contributed by atoms with Gasteiger partial charge in [-0.2, -0.15) is 0 Å². The Bertz CT molecular complexity index is 1360. The van der Waals surface area contributed by atoms with E-state index < -0.39 is 23.4 Å². The Labute approximate surface area is 209 Å². The molecule has 6 N–H and O–H groups in total. The lowest BCUT2D eigenvalue weighted by Gasteiger charge is -2.12. The van der Waals surface area contributed by atoms with Crippen LogP contribution < -0.4 is 31.4 Å². The number of pyridine rings is 2.